The van der Waals surface area contributed by atoms with Crippen LogP contribution in [0, 0.1) is 5.92 Å². The number of nitrogens with zero attached hydrogens (tertiary/aromatic N) is 3. The highest BCUT2D eigenvalue weighted by molar-refractivity contribution is 6.32. The van der Waals surface area contributed by atoms with Crippen LogP contribution in [0.2, 0.25) is 5.02 Å². The first-order valence-corrected chi connectivity index (χ1v) is 9.13. The van der Waals surface area contributed by atoms with Gasteiger partial charge in [0.1, 0.15) is 5.75 Å². The van der Waals surface area contributed by atoms with E-state index in [4.69, 9.17) is 20.9 Å². The first-order valence-electron chi connectivity index (χ1n) is 8.75. The highest BCUT2D eigenvalue weighted by Gasteiger charge is 2.21. The normalized spacial score (nSPS) is 17.8. The van der Waals surface area contributed by atoms with Gasteiger partial charge >= 0.3 is 0 Å². The van der Waals surface area contributed by atoms with Gasteiger partial charge in [0, 0.05) is 18.7 Å². The molecule has 0 spiro atoms. The number of benzene rings is 1. The molecule has 0 bridgehead atoms. The van der Waals surface area contributed by atoms with Crippen LogP contribution in [0.5, 0.6) is 5.75 Å². The van der Waals surface area contributed by atoms with Gasteiger partial charge in [0.05, 0.1) is 18.7 Å². The molecule has 8 heteroatoms. The smallest absolute Gasteiger partial charge is 0.224 e. The summed E-state index contributed by atoms with van der Waals surface area (Å²) < 4.78 is 9.90. The minimum Gasteiger partial charge on any atom is -0.495 e. The van der Waals surface area contributed by atoms with E-state index in [1.807, 2.05) is 0 Å². The van der Waals surface area contributed by atoms with Crippen LogP contribution in [0.15, 0.2) is 29.1 Å². The van der Waals surface area contributed by atoms with Crippen LogP contribution in [-0.4, -0.2) is 41.1 Å². The molecule has 0 radical (unpaired) electrons. The maximum atomic E-state index is 12.2. The Morgan fingerprint density at radius 3 is 3.12 bits per heavy atom. The zero-order chi connectivity index (χ0) is 18.4. The summed E-state index contributed by atoms with van der Waals surface area (Å²) in [6.07, 6.45) is 4.97. The van der Waals surface area contributed by atoms with E-state index in [2.05, 4.69) is 20.4 Å². The monoisotopic (exact) mass is 378 g/mol. The number of ether oxygens (including phenoxy) is 1. The Balaban J connectivity index is 1.44. The van der Waals surface area contributed by atoms with E-state index >= 15 is 0 Å². The molecule has 0 saturated carbocycles. The molecule has 0 aliphatic carbocycles. The Morgan fingerprint density at radius 2 is 2.38 bits per heavy atom. The fourth-order valence-corrected chi connectivity index (χ4v) is 3.55. The molecule has 1 aromatic heterocycles. The van der Waals surface area contributed by atoms with Crippen molar-refractivity contribution >= 4 is 23.2 Å². The van der Waals surface area contributed by atoms with Gasteiger partial charge in [-0.3, -0.25) is 9.69 Å². The van der Waals surface area contributed by atoms with Crippen LogP contribution in [0.4, 0.5) is 5.69 Å². The Morgan fingerprint density at radius 1 is 1.50 bits per heavy atom. The van der Waals surface area contributed by atoms with Crippen molar-refractivity contribution in [1.82, 2.24) is 15.0 Å². The lowest BCUT2D eigenvalue weighted by atomic mass is 9.93. The molecule has 1 aromatic carbocycles. The van der Waals surface area contributed by atoms with Crippen molar-refractivity contribution in [3.8, 4) is 5.75 Å². The second kappa shape index (κ2) is 9.00. The number of carbonyl (C=O) groups excluding carboxylic acids is 1. The van der Waals surface area contributed by atoms with Gasteiger partial charge in [-0.05, 0) is 49.9 Å². The summed E-state index contributed by atoms with van der Waals surface area (Å²) in [5.74, 6) is 1.80. The summed E-state index contributed by atoms with van der Waals surface area (Å²) >= 11 is 6.09. The number of rotatable bonds is 7. The van der Waals surface area contributed by atoms with Gasteiger partial charge < -0.3 is 14.6 Å². The molecule has 140 valence electrons. The molecule has 1 amide bonds. The summed E-state index contributed by atoms with van der Waals surface area (Å²) in [6, 6.07) is 5.23. The van der Waals surface area contributed by atoms with Crippen molar-refractivity contribution in [3.05, 3.63) is 35.4 Å². The van der Waals surface area contributed by atoms with Crippen LogP contribution in [0.1, 0.15) is 31.5 Å². The van der Waals surface area contributed by atoms with E-state index in [0.717, 1.165) is 32.4 Å². The first kappa shape index (κ1) is 18.7. The molecule has 2 aromatic rings. The minimum atomic E-state index is 0.00141. The van der Waals surface area contributed by atoms with Gasteiger partial charge in [-0.1, -0.05) is 16.8 Å². The van der Waals surface area contributed by atoms with Crippen LogP contribution in [0.3, 0.4) is 0 Å². The predicted molar refractivity (Wildman–Crippen MR) is 98.2 cm³/mol. The van der Waals surface area contributed by atoms with E-state index < -0.39 is 0 Å². The molecular weight excluding hydrogens is 356 g/mol. The number of anilines is 1. The molecule has 3 rings (SSSR count). The zero-order valence-corrected chi connectivity index (χ0v) is 15.5. The fraction of sp³-hybridized carbons (Fsp3) is 0.500. The number of carbonyl (C=O) groups is 1. The quantitative estimate of drug-likeness (QED) is 0.795. The molecule has 1 atom stereocenters. The third-order valence-electron chi connectivity index (χ3n) is 4.59. The first-order chi connectivity index (χ1) is 12.6. The number of hydrogen-bond donors (Lipinski definition) is 1. The van der Waals surface area contributed by atoms with Crippen LogP contribution in [0.25, 0.3) is 0 Å². The van der Waals surface area contributed by atoms with Crippen molar-refractivity contribution in [3.63, 3.8) is 0 Å². The Kier molecular flexibility index (Phi) is 6.46. The third kappa shape index (κ3) is 5.19. The Hall–Kier alpha value is -2.12. The lowest BCUT2D eigenvalue weighted by Crippen LogP contribution is -2.35. The van der Waals surface area contributed by atoms with E-state index in [1.54, 1.807) is 25.3 Å². The molecule has 7 nitrogen and oxygen atoms in total. The van der Waals surface area contributed by atoms with E-state index in [0.29, 0.717) is 41.2 Å². The Labute approximate surface area is 157 Å². The molecule has 2 heterocycles. The number of halogens is 1. The van der Waals surface area contributed by atoms with Crippen LogP contribution < -0.4 is 10.1 Å². The second-order valence-corrected chi connectivity index (χ2v) is 6.93. The van der Waals surface area contributed by atoms with Crippen molar-refractivity contribution in [2.45, 2.75) is 32.2 Å². The number of nitrogens with one attached hydrogen (secondary N) is 1. The van der Waals surface area contributed by atoms with Gasteiger partial charge in [-0.2, -0.15) is 4.98 Å². The van der Waals surface area contributed by atoms with Crippen molar-refractivity contribution in [2.24, 2.45) is 5.92 Å². The molecular formula is C18H23ClN4O3. The maximum absolute atomic E-state index is 12.2. The van der Waals surface area contributed by atoms with Crippen molar-refractivity contribution in [1.29, 1.82) is 0 Å². The molecule has 1 N–H and O–H groups in total. The lowest BCUT2D eigenvalue weighted by molar-refractivity contribution is -0.116. The zero-order valence-electron chi connectivity index (χ0n) is 14.8. The Bertz CT molecular complexity index is 723. The summed E-state index contributed by atoms with van der Waals surface area (Å²) in [7, 11) is 1.56. The number of piperidine rings is 1. The molecule has 1 fully saturated rings. The van der Waals surface area contributed by atoms with Crippen molar-refractivity contribution in [2.75, 3.05) is 25.5 Å². The van der Waals surface area contributed by atoms with E-state index in [1.165, 1.54) is 6.39 Å². The second-order valence-electron chi connectivity index (χ2n) is 6.53. The average molecular weight is 379 g/mol. The van der Waals surface area contributed by atoms with Crippen molar-refractivity contribution < 1.29 is 14.1 Å². The van der Waals surface area contributed by atoms with Gasteiger partial charge in [0.2, 0.25) is 12.3 Å². The lowest BCUT2D eigenvalue weighted by Gasteiger charge is -2.31. The van der Waals surface area contributed by atoms with E-state index in [9.17, 15) is 4.79 Å². The van der Waals surface area contributed by atoms with Gasteiger partial charge in [0.15, 0.2) is 5.82 Å². The number of methoxy groups -OCH3 is 1. The molecule has 0 unspecified atom stereocenters. The largest absolute Gasteiger partial charge is 0.495 e. The molecule has 26 heavy (non-hydrogen) atoms. The summed E-state index contributed by atoms with van der Waals surface area (Å²) in [6.45, 7) is 2.68. The topological polar surface area (TPSA) is 80.5 Å². The molecule has 1 saturated heterocycles. The summed E-state index contributed by atoms with van der Waals surface area (Å²) in [4.78, 5) is 18.6. The minimum absolute atomic E-state index is 0.00141. The SMILES string of the molecule is COc1ccc(NC(=O)CC[C@H]2CCCN(Cc3ncon3)C2)cc1Cl. The fourth-order valence-electron chi connectivity index (χ4n) is 3.30. The number of hydrogen-bond acceptors (Lipinski definition) is 6. The van der Waals surface area contributed by atoms with Gasteiger partial charge in [0.25, 0.3) is 0 Å². The standard InChI is InChI=1S/C18H23ClN4O3/c1-25-16-6-5-14(9-15(16)19)21-18(24)7-4-13-3-2-8-23(10-13)11-17-20-12-26-22-17/h5-6,9,12-13H,2-4,7-8,10-11H2,1H3,(H,21,24)/t13-/m1/s1. The van der Waals surface area contributed by atoms with Crippen LogP contribution >= 0.6 is 11.6 Å². The van der Waals surface area contributed by atoms with Gasteiger partial charge in [-0.25, -0.2) is 0 Å². The predicted octanol–water partition coefficient (Wildman–Crippen LogP) is 3.36. The number of amides is 1. The maximum Gasteiger partial charge on any atom is 0.224 e. The number of aromatic nitrogens is 2. The highest BCUT2D eigenvalue weighted by Crippen LogP contribution is 2.27. The number of likely N-dealkylation sites (tertiary alicyclic amines) is 1. The summed E-state index contributed by atoms with van der Waals surface area (Å²) in [5, 5.41) is 7.24. The highest BCUT2D eigenvalue weighted by atomic mass is 35.5. The van der Waals surface area contributed by atoms with E-state index in [-0.39, 0.29) is 5.91 Å². The van der Waals surface area contributed by atoms with Crippen LogP contribution in [-0.2, 0) is 11.3 Å². The average Bonchev–Trinajstić information content (AvgIpc) is 3.13. The summed E-state index contributed by atoms with van der Waals surface area (Å²) in [5.41, 5.74) is 0.683. The third-order valence-corrected chi connectivity index (χ3v) is 4.89. The molecule has 1 aliphatic rings. The molecule has 1 aliphatic heterocycles. The van der Waals surface area contributed by atoms with Gasteiger partial charge in [-0.15, -0.1) is 0 Å².